The summed E-state index contributed by atoms with van der Waals surface area (Å²) in [5, 5.41) is 0. The third kappa shape index (κ3) is 66.2. The number of carbonyl (C=O) groups is 3. The number of hydrogen-bond donors (Lipinski definition) is 0. The van der Waals surface area contributed by atoms with Crippen LogP contribution in [0.15, 0.2) is 134 Å². The van der Waals surface area contributed by atoms with Gasteiger partial charge in [0.25, 0.3) is 0 Å². The van der Waals surface area contributed by atoms with Crippen molar-refractivity contribution in [2.45, 2.75) is 309 Å². The van der Waals surface area contributed by atoms with Gasteiger partial charge in [-0.2, -0.15) is 0 Å². The van der Waals surface area contributed by atoms with E-state index in [4.69, 9.17) is 14.2 Å². The van der Waals surface area contributed by atoms with E-state index in [9.17, 15) is 14.4 Å². The number of carbonyl (C=O) groups excluding carboxylic acids is 3. The predicted molar refractivity (Wildman–Crippen MR) is 353 cm³/mol. The number of esters is 3. The summed E-state index contributed by atoms with van der Waals surface area (Å²) in [7, 11) is 0. The zero-order valence-electron chi connectivity index (χ0n) is 52.8. The molecule has 0 heterocycles. The Bertz CT molecular complexity index is 1720. The molecule has 0 fully saturated rings. The monoisotopic (exact) mass is 1120 g/mol. The van der Waals surface area contributed by atoms with Crippen LogP contribution in [0.2, 0.25) is 0 Å². The van der Waals surface area contributed by atoms with Gasteiger partial charge in [0.05, 0.1) is 0 Å². The van der Waals surface area contributed by atoms with Crippen LogP contribution in [-0.4, -0.2) is 37.2 Å². The van der Waals surface area contributed by atoms with E-state index in [0.29, 0.717) is 19.3 Å². The van der Waals surface area contributed by atoms with Crippen molar-refractivity contribution in [3.8, 4) is 0 Å². The first-order valence-electron chi connectivity index (χ1n) is 33.7. The van der Waals surface area contributed by atoms with E-state index in [-0.39, 0.29) is 37.5 Å². The number of unbranched alkanes of at least 4 members (excludes halogenated alkanes) is 27. The minimum atomic E-state index is -0.815. The van der Waals surface area contributed by atoms with Crippen molar-refractivity contribution in [3.05, 3.63) is 134 Å². The van der Waals surface area contributed by atoms with Gasteiger partial charge in [-0.25, -0.2) is 0 Å². The largest absolute Gasteiger partial charge is 0.462 e. The quantitative estimate of drug-likeness (QED) is 0.0261. The lowest BCUT2D eigenvalue weighted by Crippen LogP contribution is -2.30. The van der Waals surface area contributed by atoms with Crippen LogP contribution in [0.4, 0.5) is 0 Å². The van der Waals surface area contributed by atoms with Gasteiger partial charge in [-0.1, -0.05) is 276 Å². The van der Waals surface area contributed by atoms with Crippen LogP contribution >= 0.6 is 0 Å². The van der Waals surface area contributed by atoms with E-state index in [1.165, 1.54) is 135 Å². The predicted octanol–water partition coefficient (Wildman–Crippen LogP) is 23.3. The summed E-state index contributed by atoms with van der Waals surface area (Å²) in [6, 6.07) is 0. The summed E-state index contributed by atoms with van der Waals surface area (Å²) in [6.07, 6.45) is 96.0. The molecule has 0 saturated carbocycles. The molecule has 0 aliphatic rings. The average Bonchev–Trinajstić information content (AvgIpc) is 3.47. The fourth-order valence-electron chi connectivity index (χ4n) is 9.07. The molecule has 0 saturated heterocycles. The van der Waals surface area contributed by atoms with Gasteiger partial charge in [-0.3, -0.25) is 14.4 Å². The van der Waals surface area contributed by atoms with Gasteiger partial charge in [-0.15, -0.1) is 0 Å². The van der Waals surface area contributed by atoms with Crippen molar-refractivity contribution < 1.29 is 28.6 Å². The summed E-state index contributed by atoms with van der Waals surface area (Å²) < 4.78 is 16.9. The van der Waals surface area contributed by atoms with Crippen LogP contribution in [0.25, 0.3) is 0 Å². The molecule has 0 aromatic heterocycles. The third-order valence-corrected chi connectivity index (χ3v) is 14.1. The highest BCUT2D eigenvalue weighted by atomic mass is 16.6. The van der Waals surface area contributed by atoms with Crippen LogP contribution in [0, 0.1) is 0 Å². The van der Waals surface area contributed by atoms with Crippen LogP contribution in [0.3, 0.4) is 0 Å². The van der Waals surface area contributed by atoms with E-state index in [1.54, 1.807) is 0 Å². The molecular weight excluding hydrogens is 997 g/mol. The summed E-state index contributed by atoms with van der Waals surface area (Å²) in [4.78, 5) is 38.4. The van der Waals surface area contributed by atoms with Crippen LogP contribution in [0.1, 0.15) is 303 Å². The summed E-state index contributed by atoms with van der Waals surface area (Å²) in [5.74, 6) is -0.958. The van der Waals surface area contributed by atoms with Gasteiger partial charge in [0.2, 0.25) is 0 Å². The minimum Gasteiger partial charge on any atom is -0.462 e. The molecule has 0 radical (unpaired) electrons. The van der Waals surface area contributed by atoms with Gasteiger partial charge < -0.3 is 14.2 Å². The van der Waals surface area contributed by atoms with E-state index in [0.717, 1.165) is 122 Å². The molecule has 1 unspecified atom stereocenters. The molecule has 460 valence electrons. The number of ether oxygens (including phenoxy) is 3. The Labute approximate surface area is 500 Å². The molecule has 0 bridgehead atoms. The summed E-state index contributed by atoms with van der Waals surface area (Å²) in [6.45, 7) is 6.46. The molecule has 6 heteroatoms. The van der Waals surface area contributed by atoms with Crippen molar-refractivity contribution in [2.75, 3.05) is 13.2 Å². The maximum Gasteiger partial charge on any atom is 0.306 e. The maximum atomic E-state index is 12.9. The van der Waals surface area contributed by atoms with Crippen LogP contribution < -0.4 is 0 Å². The van der Waals surface area contributed by atoms with Gasteiger partial charge in [0, 0.05) is 19.3 Å². The Kier molecular flexibility index (Phi) is 64.3. The third-order valence-electron chi connectivity index (χ3n) is 14.1. The van der Waals surface area contributed by atoms with Gasteiger partial charge >= 0.3 is 17.9 Å². The first-order chi connectivity index (χ1) is 40.0. The minimum absolute atomic E-state index is 0.104. The van der Waals surface area contributed by atoms with E-state index in [2.05, 4.69) is 154 Å². The van der Waals surface area contributed by atoms with E-state index in [1.807, 2.05) is 0 Å². The second-order valence-corrected chi connectivity index (χ2v) is 22.0. The van der Waals surface area contributed by atoms with Crippen molar-refractivity contribution in [3.63, 3.8) is 0 Å². The Hall–Kier alpha value is -4.45. The molecule has 0 aromatic carbocycles. The Morgan fingerprint density at radius 3 is 0.802 bits per heavy atom. The van der Waals surface area contributed by atoms with Gasteiger partial charge in [0.1, 0.15) is 13.2 Å². The summed E-state index contributed by atoms with van der Waals surface area (Å²) in [5.41, 5.74) is 0. The highest BCUT2D eigenvalue weighted by Crippen LogP contribution is 2.15. The SMILES string of the molecule is CC/C=C\C/C=C\C/C=C\C/C=C\C/C=C\C/C=C\CCCCC(=O)OC(COC(=O)CCCCCCCC/C=C\C/C=C\C/C=C\CCCCC)COC(=O)CCCCCCCCCCCCC/C=C\C/C=C\CCCCCCC. The van der Waals surface area contributed by atoms with Crippen LogP contribution in [-0.2, 0) is 28.6 Å². The van der Waals surface area contributed by atoms with Crippen molar-refractivity contribution in [2.24, 2.45) is 0 Å². The lowest BCUT2D eigenvalue weighted by atomic mass is 10.0. The van der Waals surface area contributed by atoms with E-state index < -0.39 is 6.10 Å². The van der Waals surface area contributed by atoms with Gasteiger partial charge in [0.15, 0.2) is 6.10 Å². The highest BCUT2D eigenvalue weighted by molar-refractivity contribution is 5.71. The molecule has 0 aliphatic heterocycles. The van der Waals surface area contributed by atoms with Crippen LogP contribution in [0.5, 0.6) is 0 Å². The molecular formula is C75H124O6. The summed E-state index contributed by atoms with van der Waals surface area (Å²) >= 11 is 0. The fourth-order valence-corrected chi connectivity index (χ4v) is 9.07. The first kappa shape index (κ1) is 76.5. The fraction of sp³-hybridized carbons (Fsp3) is 0.667. The lowest BCUT2D eigenvalue weighted by Gasteiger charge is -2.18. The zero-order chi connectivity index (χ0) is 58.5. The van der Waals surface area contributed by atoms with E-state index >= 15 is 0 Å². The van der Waals surface area contributed by atoms with Crippen molar-refractivity contribution in [1.82, 2.24) is 0 Å². The molecule has 0 spiro atoms. The second kappa shape index (κ2) is 68.1. The smallest absolute Gasteiger partial charge is 0.306 e. The topological polar surface area (TPSA) is 78.9 Å². The molecule has 6 nitrogen and oxygen atoms in total. The number of rotatable bonds is 60. The van der Waals surface area contributed by atoms with Gasteiger partial charge in [-0.05, 0) is 141 Å². The standard InChI is InChI=1S/C75H124O6/c1-4-7-10-13-16-19-22-25-28-31-34-36-37-39-41-44-47-50-53-56-59-62-65-68-74(77)80-71-72(70-79-73(76)67-64-61-58-55-52-49-46-43-40-33-30-27-24-21-18-15-12-9-6-3)81-75(78)69-66-63-60-57-54-51-48-45-42-38-35-32-29-26-23-20-17-14-11-8-5-2/h8,11,17-18,20-22,25-27,29-31,34-35,38,40,43,45,48,54,57,72H,4-7,9-10,12-16,19,23-24,28,32-33,36-37,39,41-42,44,46-47,49-53,55-56,58-71H2,1-3H3/b11-8-,20-17-,21-18-,25-22-,29-26-,30-27-,34-31-,38-35-,43-40-,48-45-,57-54-. The highest BCUT2D eigenvalue weighted by Gasteiger charge is 2.19. The Morgan fingerprint density at radius 2 is 0.481 bits per heavy atom. The number of hydrogen-bond acceptors (Lipinski definition) is 6. The molecule has 0 N–H and O–H groups in total. The zero-order valence-corrected chi connectivity index (χ0v) is 52.8. The molecule has 81 heavy (non-hydrogen) atoms. The normalized spacial score (nSPS) is 13.0. The molecule has 1 atom stereocenters. The lowest BCUT2D eigenvalue weighted by molar-refractivity contribution is -0.167. The van der Waals surface area contributed by atoms with Crippen molar-refractivity contribution >= 4 is 17.9 Å². The first-order valence-corrected chi connectivity index (χ1v) is 33.7. The number of allylic oxidation sites excluding steroid dienone is 22. The Morgan fingerprint density at radius 1 is 0.259 bits per heavy atom. The molecule has 0 amide bonds. The maximum absolute atomic E-state index is 12.9. The second-order valence-electron chi connectivity index (χ2n) is 22.0. The Balaban J connectivity index is 4.49. The molecule has 0 aromatic rings. The average molecular weight is 1120 g/mol. The van der Waals surface area contributed by atoms with Crippen molar-refractivity contribution in [1.29, 1.82) is 0 Å². The molecule has 0 aliphatic carbocycles. The molecule has 0 rings (SSSR count).